The number of rotatable bonds is 3. The van der Waals surface area contributed by atoms with E-state index in [4.69, 9.17) is 4.42 Å². The van der Waals surface area contributed by atoms with Gasteiger partial charge in [0, 0.05) is 7.05 Å². The summed E-state index contributed by atoms with van der Waals surface area (Å²) in [6, 6.07) is 8.88. The van der Waals surface area contributed by atoms with E-state index in [1.54, 1.807) is 28.9 Å². The number of fused-ring (bicyclic) bond motifs is 1. The molecule has 0 fully saturated rings. The monoisotopic (exact) mass is 285 g/mol. The van der Waals surface area contributed by atoms with Gasteiger partial charge in [-0.15, -0.1) is 0 Å². The summed E-state index contributed by atoms with van der Waals surface area (Å²) in [6.45, 7) is 2.34. The fourth-order valence-electron chi connectivity index (χ4n) is 2.37. The van der Waals surface area contributed by atoms with Gasteiger partial charge < -0.3 is 4.42 Å². The first-order valence-electron chi connectivity index (χ1n) is 6.74. The number of benzene rings is 1. The summed E-state index contributed by atoms with van der Waals surface area (Å²) in [5.74, 6) is -0.655. The molecule has 21 heavy (non-hydrogen) atoms. The summed E-state index contributed by atoms with van der Waals surface area (Å²) in [4.78, 5) is 23.7. The standard InChI is InChI=1S/C15H15N3O3/c1-3-10-8-11(17(2)16-10)9-18-13-7-5-4-6-12(13)14(19)21-15(18)20/h4-8H,3,9H2,1-2H3. The minimum atomic E-state index is -0.655. The summed E-state index contributed by atoms with van der Waals surface area (Å²) < 4.78 is 7.98. The Balaban J connectivity index is 2.18. The zero-order valence-electron chi connectivity index (χ0n) is 11.9. The normalized spacial score (nSPS) is 11.1. The summed E-state index contributed by atoms with van der Waals surface area (Å²) in [7, 11) is 1.83. The number of nitrogens with zero attached hydrogens (tertiary/aromatic N) is 3. The van der Waals surface area contributed by atoms with Crippen LogP contribution in [0.15, 0.2) is 44.3 Å². The minimum absolute atomic E-state index is 0.312. The molecule has 0 spiro atoms. The van der Waals surface area contributed by atoms with Crippen LogP contribution < -0.4 is 11.4 Å². The van der Waals surface area contributed by atoms with Crippen LogP contribution in [0.1, 0.15) is 18.3 Å². The highest BCUT2D eigenvalue weighted by atomic mass is 16.4. The Hall–Kier alpha value is -2.63. The first-order valence-corrected chi connectivity index (χ1v) is 6.74. The van der Waals surface area contributed by atoms with Gasteiger partial charge in [-0.05, 0) is 24.6 Å². The van der Waals surface area contributed by atoms with Crippen LogP contribution in [-0.4, -0.2) is 14.3 Å². The summed E-state index contributed by atoms with van der Waals surface area (Å²) in [5.41, 5.74) is 1.80. The van der Waals surface area contributed by atoms with Gasteiger partial charge in [0.2, 0.25) is 0 Å². The van der Waals surface area contributed by atoms with Crippen molar-refractivity contribution >= 4 is 10.9 Å². The van der Waals surface area contributed by atoms with Crippen LogP contribution >= 0.6 is 0 Å². The number of hydrogen-bond acceptors (Lipinski definition) is 4. The van der Waals surface area contributed by atoms with Gasteiger partial charge in [0.25, 0.3) is 0 Å². The van der Waals surface area contributed by atoms with Crippen molar-refractivity contribution in [1.82, 2.24) is 14.3 Å². The van der Waals surface area contributed by atoms with Gasteiger partial charge in [0.15, 0.2) is 0 Å². The van der Waals surface area contributed by atoms with Gasteiger partial charge in [-0.25, -0.2) is 9.59 Å². The lowest BCUT2D eigenvalue weighted by Gasteiger charge is -2.08. The van der Waals surface area contributed by atoms with Crippen LogP contribution in [0.25, 0.3) is 10.9 Å². The first-order chi connectivity index (χ1) is 10.1. The van der Waals surface area contributed by atoms with Crippen LogP contribution in [0.4, 0.5) is 0 Å². The van der Waals surface area contributed by atoms with E-state index >= 15 is 0 Å². The first kappa shape index (κ1) is 13.4. The van der Waals surface area contributed by atoms with Crippen molar-refractivity contribution in [2.75, 3.05) is 0 Å². The Morgan fingerprint density at radius 3 is 2.71 bits per heavy atom. The molecule has 0 saturated carbocycles. The quantitative estimate of drug-likeness (QED) is 0.727. The molecule has 2 heterocycles. The van der Waals surface area contributed by atoms with Crippen LogP contribution in [0, 0.1) is 0 Å². The zero-order chi connectivity index (χ0) is 15.0. The third kappa shape index (κ3) is 2.29. The van der Waals surface area contributed by atoms with Gasteiger partial charge in [0.05, 0.1) is 28.8 Å². The molecule has 0 radical (unpaired) electrons. The second-order valence-corrected chi connectivity index (χ2v) is 4.86. The van der Waals surface area contributed by atoms with Crippen LogP contribution in [0.5, 0.6) is 0 Å². The van der Waals surface area contributed by atoms with E-state index in [1.807, 2.05) is 20.0 Å². The van der Waals surface area contributed by atoms with Crippen molar-refractivity contribution in [3.8, 4) is 0 Å². The molecule has 0 amide bonds. The van der Waals surface area contributed by atoms with Crippen molar-refractivity contribution in [2.24, 2.45) is 7.05 Å². The maximum atomic E-state index is 12.0. The van der Waals surface area contributed by atoms with Crippen molar-refractivity contribution in [2.45, 2.75) is 19.9 Å². The molecule has 0 bridgehead atoms. The van der Waals surface area contributed by atoms with Crippen molar-refractivity contribution in [1.29, 1.82) is 0 Å². The van der Waals surface area contributed by atoms with E-state index in [0.29, 0.717) is 17.4 Å². The average Bonchev–Trinajstić information content (AvgIpc) is 2.84. The Bertz CT molecular complexity index is 918. The summed E-state index contributed by atoms with van der Waals surface area (Å²) >= 11 is 0. The third-order valence-electron chi connectivity index (χ3n) is 3.52. The number of aryl methyl sites for hydroxylation is 2. The highest BCUT2D eigenvalue weighted by molar-refractivity contribution is 5.77. The maximum Gasteiger partial charge on any atom is 0.422 e. The van der Waals surface area contributed by atoms with E-state index in [2.05, 4.69) is 5.10 Å². The number of para-hydroxylation sites is 1. The summed E-state index contributed by atoms with van der Waals surface area (Å²) in [6.07, 6.45) is 0.827. The largest absolute Gasteiger partial charge is 0.422 e. The zero-order valence-corrected chi connectivity index (χ0v) is 11.9. The molecule has 0 aliphatic rings. The average molecular weight is 285 g/mol. The molecular formula is C15H15N3O3. The van der Waals surface area contributed by atoms with E-state index in [-0.39, 0.29) is 0 Å². The van der Waals surface area contributed by atoms with E-state index in [9.17, 15) is 9.59 Å². The second kappa shape index (κ2) is 5.05. The Kier molecular flexibility index (Phi) is 3.21. The molecule has 6 nitrogen and oxygen atoms in total. The van der Waals surface area contributed by atoms with Gasteiger partial charge in [0.1, 0.15) is 0 Å². The van der Waals surface area contributed by atoms with Gasteiger partial charge >= 0.3 is 11.4 Å². The minimum Gasteiger partial charge on any atom is -0.372 e. The molecule has 0 aliphatic heterocycles. The number of aromatic nitrogens is 3. The fraction of sp³-hybridized carbons (Fsp3) is 0.267. The molecule has 3 aromatic rings. The van der Waals surface area contributed by atoms with Crippen LogP contribution in [0.3, 0.4) is 0 Å². The van der Waals surface area contributed by atoms with Crippen LogP contribution in [-0.2, 0) is 20.0 Å². The topological polar surface area (TPSA) is 70.0 Å². The highest BCUT2D eigenvalue weighted by Crippen LogP contribution is 2.11. The van der Waals surface area contributed by atoms with Crippen molar-refractivity contribution < 1.29 is 4.42 Å². The molecule has 1 aromatic carbocycles. The lowest BCUT2D eigenvalue weighted by Crippen LogP contribution is -2.26. The summed E-state index contributed by atoms with van der Waals surface area (Å²) in [5, 5.41) is 4.76. The van der Waals surface area contributed by atoms with Crippen molar-refractivity contribution in [3.05, 3.63) is 62.7 Å². The predicted molar refractivity (Wildman–Crippen MR) is 78.4 cm³/mol. The molecule has 0 N–H and O–H groups in total. The van der Waals surface area contributed by atoms with Gasteiger partial charge in [-0.1, -0.05) is 19.1 Å². The molecular weight excluding hydrogens is 270 g/mol. The highest BCUT2D eigenvalue weighted by Gasteiger charge is 2.11. The lowest BCUT2D eigenvalue weighted by molar-refractivity contribution is 0.422. The molecule has 0 aliphatic carbocycles. The molecule has 2 aromatic heterocycles. The molecule has 0 unspecified atom stereocenters. The van der Waals surface area contributed by atoms with Crippen molar-refractivity contribution in [3.63, 3.8) is 0 Å². The molecule has 108 valence electrons. The SMILES string of the molecule is CCc1cc(Cn2c(=O)oc(=O)c3ccccc32)n(C)n1. The molecule has 3 rings (SSSR count). The van der Waals surface area contributed by atoms with Gasteiger partial charge in [-0.3, -0.25) is 9.25 Å². The Labute approximate surface area is 120 Å². The van der Waals surface area contributed by atoms with Crippen LogP contribution in [0.2, 0.25) is 0 Å². The van der Waals surface area contributed by atoms with E-state index in [1.165, 1.54) is 4.57 Å². The Morgan fingerprint density at radius 2 is 2.00 bits per heavy atom. The predicted octanol–water partition coefficient (Wildman–Crippen LogP) is 1.30. The lowest BCUT2D eigenvalue weighted by atomic mass is 10.2. The molecule has 6 heteroatoms. The number of hydrogen-bond donors (Lipinski definition) is 0. The van der Waals surface area contributed by atoms with E-state index < -0.39 is 11.4 Å². The second-order valence-electron chi connectivity index (χ2n) is 4.86. The fourth-order valence-corrected chi connectivity index (χ4v) is 2.37. The Morgan fingerprint density at radius 1 is 1.24 bits per heavy atom. The third-order valence-corrected chi connectivity index (χ3v) is 3.52. The molecule has 0 saturated heterocycles. The van der Waals surface area contributed by atoms with E-state index in [0.717, 1.165) is 17.8 Å². The maximum absolute atomic E-state index is 12.0. The van der Waals surface area contributed by atoms with Gasteiger partial charge in [-0.2, -0.15) is 5.10 Å². The molecule has 0 atom stereocenters. The smallest absolute Gasteiger partial charge is 0.372 e.